The monoisotopic (exact) mass is 366 g/mol. The number of nitrogens with zero attached hydrogens (tertiary/aromatic N) is 3. The van der Waals surface area contributed by atoms with Gasteiger partial charge in [-0.15, -0.1) is 0 Å². The third kappa shape index (κ3) is 3.70. The van der Waals surface area contributed by atoms with Gasteiger partial charge in [0.1, 0.15) is 4.90 Å². The molecule has 1 amide bonds. The molecule has 2 unspecified atom stereocenters. The Balaban J connectivity index is 1.65. The third-order valence-electron chi connectivity index (χ3n) is 5.37. The number of pyridine rings is 1. The molecule has 3 rings (SSSR count). The average Bonchev–Trinajstić information content (AvgIpc) is 2.62. The maximum absolute atomic E-state index is 12.9. The molecular formula is C17H26N4O3S. The van der Waals surface area contributed by atoms with E-state index >= 15 is 0 Å². The molecule has 1 saturated heterocycles. The van der Waals surface area contributed by atoms with Gasteiger partial charge in [-0.05, 0) is 31.9 Å². The summed E-state index contributed by atoms with van der Waals surface area (Å²) in [6.45, 7) is 3.38. The van der Waals surface area contributed by atoms with Gasteiger partial charge in [-0.2, -0.15) is 4.31 Å². The molecule has 2 N–H and O–H groups in total. The van der Waals surface area contributed by atoms with Crippen molar-refractivity contribution >= 4 is 15.9 Å². The van der Waals surface area contributed by atoms with Gasteiger partial charge in [-0.1, -0.05) is 12.8 Å². The van der Waals surface area contributed by atoms with E-state index < -0.39 is 15.6 Å². The number of rotatable bonds is 3. The molecule has 0 spiro atoms. The lowest BCUT2D eigenvalue weighted by molar-refractivity contribution is -0.140. The number of amides is 1. The van der Waals surface area contributed by atoms with Crippen molar-refractivity contribution in [3.05, 3.63) is 24.5 Å². The first-order chi connectivity index (χ1) is 11.8. The van der Waals surface area contributed by atoms with Crippen molar-refractivity contribution < 1.29 is 13.2 Å². The number of aromatic nitrogens is 1. The molecule has 1 aliphatic heterocycles. The molecule has 7 nitrogen and oxygen atoms in total. The summed E-state index contributed by atoms with van der Waals surface area (Å²) in [7, 11) is -3.55. The number of hydrogen-bond acceptors (Lipinski definition) is 5. The maximum Gasteiger partial charge on any atom is 0.244 e. The molecule has 25 heavy (non-hydrogen) atoms. The highest BCUT2D eigenvalue weighted by Gasteiger charge is 2.41. The Morgan fingerprint density at radius 3 is 2.60 bits per heavy atom. The highest BCUT2D eigenvalue weighted by Crippen LogP contribution is 2.33. The molecule has 1 aromatic rings. The first kappa shape index (κ1) is 18.3. The summed E-state index contributed by atoms with van der Waals surface area (Å²) in [5, 5.41) is 0. The van der Waals surface area contributed by atoms with Crippen molar-refractivity contribution in [2.24, 2.45) is 11.7 Å². The summed E-state index contributed by atoms with van der Waals surface area (Å²) in [5.74, 6) is -0.0918. The van der Waals surface area contributed by atoms with Crippen LogP contribution in [0.1, 0.15) is 32.6 Å². The van der Waals surface area contributed by atoms with Crippen LogP contribution in [0.3, 0.4) is 0 Å². The van der Waals surface area contributed by atoms with Crippen molar-refractivity contribution in [3.8, 4) is 0 Å². The van der Waals surface area contributed by atoms with Gasteiger partial charge < -0.3 is 10.6 Å². The Bertz CT molecular complexity index is 713. The minimum Gasteiger partial charge on any atom is -0.340 e. The number of hydrogen-bond donors (Lipinski definition) is 1. The molecule has 1 aliphatic carbocycles. The lowest BCUT2D eigenvalue weighted by Crippen LogP contribution is -2.57. The number of piperazine rings is 1. The lowest BCUT2D eigenvalue weighted by Gasteiger charge is -2.42. The fourth-order valence-corrected chi connectivity index (χ4v) is 5.17. The van der Waals surface area contributed by atoms with E-state index in [9.17, 15) is 13.2 Å². The van der Waals surface area contributed by atoms with Crippen molar-refractivity contribution in [2.45, 2.75) is 43.0 Å². The molecule has 0 radical (unpaired) electrons. The topological polar surface area (TPSA) is 96.6 Å². The largest absolute Gasteiger partial charge is 0.340 e. The number of nitrogens with two attached hydrogens (primary N) is 1. The van der Waals surface area contributed by atoms with Gasteiger partial charge >= 0.3 is 0 Å². The molecule has 0 bridgehead atoms. The van der Waals surface area contributed by atoms with Crippen LogP contribution >= 0.6 is 0 Å². The van der Waals surface area contributed by atoms with E-state index in [2.05, 4.69) is 4.98 Å². The average molecular weight is 366 g/mol. The fraction of sp³-hybridized carbons (Fsp3) is 0.647. The van der Waals surface area contributed by atoms with Gasteiger partial charge in [0.15, 0.2) is 0 Å². The molecule has 1 saturated carbocycles. The summed E-state index contributed by atoms with van der Waals surface area (Å²) >= 11 is 0. The molecule has 2 aliphatic rings. The van der Waals surface area contributed by atoms with Gasteiger partial charge in [-0.25, -0.2) is 8.42 Å². The van der Waals surface area contributed by atoms with E-state index in [0.29, 0.717) is 26.2 Å². The highest BCUT2D eigenvalue weighted by molar-refractivity contribution is 7.89. The minimum atomic E-state index is -3.55. The van der Waals surface area contributed by atoms with E-state index in [1.165, 1.54) is 10.5 Å². The smallest absolute Gasteiger partial charge is 0.244 e. The van der Waals surface area contributed by atoms with Crippen LogP contribution in [0.5, 0.6) is 0 Å². The van der Waals surface area contributed by atoms with Crippen molar-refractivity contribution in [1.82, 2.24) is 14.2 Å². The van der Waals surface area contributed by atoms with E-state index in [-0.39, 0.29) is 16.7 Å². The number of carbonyl (C=O) groups is 1. The summed E-state index contributed by atoms with van der Waals surface area (Å²) in [6.07, 6.45) is 6.67. The highest BCUT2D eigenvalue weighted by atomic mass is 32.2. The fourth-order valence-electron chi connectivity index (χ4n) is 3.78. The third-order valence-corrected chi connectivity index (χ3v) is 7.26. The molecule has 2 atom stereocenters. The zero-order valence-electron chi connectivity index (χ0n) is 14.6. The molecule has 0 aromatic carbocycles. The van der Waals surface area contributed by atoms with Gasteiger partial charge in [0.05, 0.1) is 5.92 Å². The van der Waals surface area contributed by atoms with Crippen molar-refractivity contribution in [2.75, 3.05) is 26.2 Å². The van der Waals surface area contributed by atoms with Gasteiger partial charge in [0.2, 0.25) is 15.9 Å². The van der Waals surface area contributed by atoms with Crippen molar-refractivity contribution in [1.29, 1.82) is 0 Å². The Labute approximate surface area is 149 Å². The van der Waals surface area contributed by atoms with Crippen LogP contribution in [-0.4, -0.2) is 60.2 Å². The zero-order chi connectivity index (χ0) is 18.1. The first-order valence-corrected chi connectivity index (χ1v) is 10.2. The van der Waals surface area contributed by atoms with Crippen LogP contribution in [0.4, 0.5) is 0 Å². The Morgan fingerprint density at radius 1 is 1.28 bits per heavy atom. The Hall–Kier alpha value is -1.51. The quantitative estimate of drug-likeness (QED) is 0.854. The summed E-state index contributed by atoms with van der Waals surface area (Å²) in [6, 6.07) is 3.15. The zero-order valence-corrected chi connectivity index (χ0v) is 15.4. The standard InChI is InChI=1S/C17H26N4O3S/c1-17(18)7-3-2-6-15(17)16(22)20-9-11-21(12-10-20)25(23,24)14-5-4-8-19-13-14/h4-5,8,13,15H,2-3,6-7,9-12,18H2,1H3. The summed E-state index contributed by atoms with van der Waals surface area (Å²) < 4.78 is 26.7. The van der Waals surface area contributed by atoms with Gasteiger partial charge in [0, 0.05) is 44.1 Å². The molecule has 2 fully saturated rings. The molecule has 1 aromatic heterocycles. The number of carbonyl (C=O) groups excluding carboxylic acids is 1. The molecular weight excluding hydrogens is 340 g/mol. The van der Waals surface area contributed by atoms with Crippen molar-refractivity contribution in [3.63, 3.8) is 0 Å². The molecule has 2 heterocycles. The van der Waals surface area contributed by atoms with Crippen LogP contribution in [0.2, 0.25) is 0 Å². The van der Waals surface area contributed by atoms with Crippen LogP contribution < -0.4 is 5.73 Å². The normalized spacial score (nSPS) is 28.7. The minimum absolute atomic E-state index is 0.0723. The summed E-state index contributed by atoms with van der Waals surface area (Å²) in [5.41, 5.74) is 5.88. The van der Waals surface area contributed by atoms with E-state index in [1.807, 2.05) is 6.92 Å². The Kier molecular flexibility index (Phi) is 5.13. The lowest BCUT2D eigenvalue weighted by atomic mass is 9.74. The van der Waals surface area contributed by atoms with E-state index in [4.69, 9.17) is 5.73 Å². The maximum atomic E-state index is 12.9. The first-order valence-electron chi connectivity index (χ1n) is 8.80. The number of sulfonamides is 1. The predicted octanol–water partition coefficient (Wildman–Crippen LogP) is 0.822. The molecule has 8 heteroatoms. The van der Waals surface area contributed by atoms with Crippen LogP contribution in [0, 0.1) is 5.92 Å². The van der Waals surface area contributed by atoms with Crippen LogP contribution in [-0.2, 0) is 14.8 Å². The van der Waals surface area contributed by atoms with Crippen LogP contribution in [0.25, 0.3) is 0 Å². The van der Waals surface area contributed by atoms with Gasteiger partial charge in [0.25, 0.3) is 0 Å². The summed E-state index contributed by atoms with van der Waals surface area (Å²) in [4.78, 5) is 18.7. The predicted molar refractivity (Wildman–Crippen MR) is 94.1 cm³/mol. The van der Waals surface area contributed by atoms with E-state index in [1.54, 1.807) is 23.2 Å². The molecule has 138 valence electrons. The van der Waals surface area contributed by atoms with E-state index in [0.717, 1.165) is 25.7 Å². The van der Waals surface area contributed by atoms with Gasteiger partial charge in [-0.3, -0.25) is 9.78 Å². The second kappa shape index (κ2) is 7.01. The second-order valence-electron chi connectivity index (χ2n) is 7.22. The Morgan fingerprint density at radius 2 is 2.00 bits per heavy atom. The second-order valence-corrected chi connectivity index (χ2v) is 9.16. The SMILES string of the molecule is CC1(N)CCCCC1C(=O)N1CCN(S(=O)(=O)c2cccnc2)CC1. The van der Waals surface area contributed by atoms with Crippen LogP contribution in [0.15, 0.2) is 29.4 Å².